The summed E-state index contributed by atoms with van der Waals surface area (Å²) < 4.78 is 0. The molecule has 0 bridgehead atoms. The first-order chi connectivity index (χ1) is 7.33. The third kappa shape index (κ3) is 4.93. The summed E-state index contributed by atoms with van der Waals surface area (Å²) in [7, 11) is 0. The zero-order valence-corrected chi connectivity index (χ0v) is 12.2. The van der Waals surface area contributed by atoms with E-state index < -0.39 is 0 Å². The predicted molar refractivity (Wildman–Crippen MR) is 79.8 cm³/mol. The van der Waals surface area contributed by atoms with Gasteiger partial charge in [-0.05, 0) is 62.8 Å². The number of benzene rings is 1. The van der Waals surface area contributed by atoms with Gasteiger partial charge in [-0.3, -0.25) is 0 Å². The van der Waals surface area contributed by atoms with Crippen LogP contribution >= 0.6 is 12.4 Å². The van der Waals surface area contributed by atoms with Crippen LogP contribution in [-0.2, 0) is 6.42 Å². The molecule has 96 valence electrons. The van der Waals surface area contributed by atoms with Crippen LogP contribution in [0.4, 0.5) is 0 Å². The molecule has 0 aliphatic heterocycles. The number of rotatable bonds is 4. The third-order valence-electron chi connectivity index (χ3n) is 2.97. The molecule has 0 aliphatic rings. The Morgan fingerprint density at radius 3 is 2.06 bits per heavy atom. The molecule has 1 aromatic rings. The van der Waals surface area contributed by atoms with Crippen LogP contribution in [0.25, 0.3) is 6.08 Å². The number of halogens is 1. The molecule has 0 spiro atoms. The molecule has 0 aromatic heterocycles. The highest BCUT2D eigenvalue weighted by Gasteiger charge is 2.12. The molecule has 0 saturated carbocycles. The average molecular weight is 254 g/mol. The lowest BCUT2D eigenvalue weighted by atomic mass is 9.91. The van der Waals surface area contributed by atoms with Gasteiger partial charge in [0.05, 0.1) is 0 Å². The molecule has 0 radical (unpaired) electrons. The first-order valence-electron chi connectivity index (χ1n) is 5.85. The standard InChI is InChI=1S/C15H23N.ClH/c1-6-13-9-11(2)14(12(3)10-13)7-8-15(4,5)16;/h6,9-10H,1,7-8,16H2,2-5H3;1H. The van der Waals surface area contributed by atoms with Crippen molar-refractivity contribution in [2.45, 2.75) is 46.1 Å². The molecule has 0 aliphatic carbocycles. The Kier molecular flexibility index (Phi) is 5.94. The highest BCUT2D eigenvalue weighted by atomic mass is 35.5. The molecule has 1 nitrogen and oxygen atoms in total. The molecule has 2 heteroatoms. The van der Waals surface area contributed by atoms with Gasteiger partial charge in [0.1, 0.15) is 0 Å². The molecule has 0 heterocycles. The van der Waals surface area contributed by atoms with Crippen LogP contribution in [0.3, 0.4) is 0 Å². The Balaban J connectivity index is 0.00000256. The quantitative estimate of drug-likeness (QED) is 0.861. The first-order valence-corrected chi connectivity index (χ1v) is 5.85. The minimum absolute atomic E-state index is 0. The van der Waals surface area contributed by atoms with E-state index in [1.807, 2.05) is 6.08 Å². The topological polar surface area (TPSA) is 26.0 Å². The Morgan fingerprint density at radius 2 is 1.71 bits per heavy atom. The summed E-state index contributed by atoms with van der Waals surface area (Å²) in [5.74, 6) is 0. The van der Waals surface area contributed by atoms with Gasteiger partial charge in [-0.25, -0.2) is 0 Å². The fourth-order valence-electron chi connectivity index (χ4n) is 1.99. The average Bonchev–Trinajstić information content (AvgIpc) is 2.14. The van der Waals surface area contributed by atoms with Crippen molar-refractivity contribution in [2.24, 2.45) is 5.73 Å². The molecular weight excluding hydrogens is 230 g/mol. The van der Waals surface area contributed by atoms with Gasteiger partial charge in [-0.15, -0.1) is 12.4 Å². The highest BCUT2D eigenvalue weighted by molar-refractivity contribution is 5.85. The van der Waals surface area contributed by atoms with Crippen molar-refractivity contribution < 1.29 is 0 Å². The number of nitrogens with two attached hydrogens (primary N) is 1. The highest BCUT2D eigenvalue weighted by Crippen LogP contribution is 2.21. The van der Waals surface area contributed by atoms with Crippen LogP contribution in [0.1, 0.15) is 42.5 Å². The fourth-order valence-corrected chi connectivity index (χ4v) is 1.99. The molecule has 0 unspecified atom stereocenters. The number of aryl methyl sites for hydroxylation is 2. The Morgan fingerprint density at radius 1 is 1.24 bits per heavy atom. The van der Waals surface area contributed by atoms with Gasteiger partial charge in [0.25, 0.3) is 0 Å². The van der Waals surface area contributed by atoms with E-state index in [0.717, 1.165) is 12.8 Å². The van der Waals surface area contributed by atoms with Gasteiger partial charge in [-0.1, -0.05) is 24.8 Å². The van der Waals surface area contributed by atoms with E-state index >= 15 is 0 Å². The maximum Gasteiger partial charge on any atom is 0.0100 e. The molecule has 0 fully saturated rings. The van der Waals surface area contributed by atoms with Crippen LogP contribution in [0.15, 0.2) is 18.7 Å². The molecule has 2 N–H and O–H groups in total. The first kappa shape index (κ1) is 16.2. The summed E-state index contributed by atoms with van der Waals surface area (Å²) >= 11 is 0. The smallest absolute Gasteiger partial charge is 0.0100 e. The molecule has 0 atom stereocenters. The van der Waals surface area contributed by atoms with Crippen LogP contribution in [0.2, 0.25) is 0 Å². The summed E-state index contributed by atoms with van der Waals surface area (Å²) in [4.78, 5) is 0. The summed E-state index contributed by atoms with van der Waals surface area (Å²) in [5, 5.41) is 0. The Bertz CT molecular complexity index is 365. The maximum absolute atomic E-state index is 6.02. The van der Waals surface area contributed by atoms with Gasteiger partial charge in [0, 0.05) is 5.54 Å². The summed E-state index contributed by atoms with van der Waals surface area (Å²) in [5.41, 5.74) is 11.3. The molecule has 1 rings (SSSR count). The Hall–Kier alpha value is -0.790. The van der Waals surface area contributed by atoms with Crippen LogP contribution in [-0.4, -0.2) is 5.54 Å². The molecule has 0 amide bonds. The minimum atomic E-state index is -0.0873. The van der Waals surface area contributed by atoms with Gasteiger partial charge in [0.2, 0.25) is 0 Å². The van der Waals surface area contributed by atoms with E-state index in [9.17, 15) is 0 Å². The second-order valence-corrected chi connectivity index (χ2v) is 5.33. The van der Waals surface area contributed by atoms with Crippen molar-refractivity contribution >= 4 is 18.5 Å². The minimum Gasteiger partial charge on any atom is -0.326 e. The lowest BCUT2D eigenvalue weighted by molar-refractivity contribution is 0.476. The molecule has 0 saturated heterocycles. The van der Waals surface area contributed by atoms with Crippen molar-refractivity contribution in [1.82, 2.24) is 0 Å². The van der Waals surface area contributed by atoms with Crippen molar-refractivity contribution in [3.05, 3.63) is 41.0 Å². The van der Waals surface area contributed by atoms with Crippen LogP contribution in [0.5, 0.6) is 0 Å². The van der Waals surface area contributed by atoms with Gasteiger partial charge >= 0.3 is 0 Å². The van der Waals surface area contributed by atoms with E-state index in [1.165, 1.54) is 22.3 Å². The van der Waals surface area contributed by atoms with E-state index in [4.69, 9.17) is 5.73 Å². The summed E-state index contributed by atoms with van der Waals surface area (Å²) in [6, 6.07) is 4.39. The summed E-state index contributed by atoms with van der Waals surface area (Å²) in [6.45, 7) is 12.3. The third-order valence-corrected chi connectivity index (χ3v) is 2.97. The predicted octanol–water partition coefficient (Wildman–Crippen LogP) is 4.04. The monoisotopic (exact) mass is 253 g/mol. The fraction of sp³-hybridized carbons (Fsp3) is 0.467. The van der Waals surface area contributed by atoms with E-state index in [0.29, 0.717) is 0 Å². The number of hydrogen-bond donors (Lipinski definition) is 1. The van der Waals surface area contributed by atoms with E-state index in [1.54, 1.807) is 0 Å². The molecular formula is C15H24ClN. The Labute approximate surface area is 112 Å². The normalized spacial score (nSPS) is 10.9. The van der Waals surface area contributed by atoms with E-state index in [-0.39, 0.29) is 17.9 Å². The van der Waals surface area contributed by atoms with E-state index in [2.05, 4.69) is 46.4 Å². The van der Waals surface area contributed by atoms with Crippen molar-refractivity contribution in [1.29, 1.82) is 0 Å². The second kappa shape index (κ2) is 6.23. The van der Waals surface area contributed by atoms with Crippen molar-refractivity contribution in [3.63, 3.8) is 0 Å². The second-order valence-electron chi connectivity index (χ2n) is 5.33. The SMILES string of the molecule is C=Cc1cc(C)c(CCC(C)(C)N)c(C)c1.Cl. The zero-order chi connectivity index (χ0) is 12.3. The van der Waals surface area contributed by atoms with Crippen LogP contribution in [0, 0.1) is 13.8 Å². The lowest BCUT2D eigenvalue weighted by Gasteiger charge is -2.20. The van der Waals surface area contributed by atoms with Crippen molar-refractivity contribution in [3.8, 4) is 0 Å². The maximum atomic E-state index is 6.02. The van der Waals surface area contributed by atoms with Crippen molar-refractivity contribution in [2.75, 3.05) is 0 Å². The largest absolute Gasteiger partial charge is 0.326 e. The van der Waals surface area contributed by atoms with Gasteiger partial charge in [-0.2, -0.15) is 0 Å². The van der Waals surface area contributed by atoms with Gasteiger partial charge in [0.15, 0.2) is 0 Å². The van der Waals surface area contributed by atoms with Gasteiger partial charge < -0.3 is 5.73 Å². The zero-order valence-electron chi connectivity index (χ0n) is 11.3. The lowest BCUT2D eigenvalue weighted by Crippen LogP contribution is -2.32. The summed E-state index contributed by atoms with van der Waals surface area (Å²) in [6.07, 6.45) is 3.97. The number of hydrogen-bond acceptors (Lipinski definition) is 1. The molecule has 1 aromatic carbocycles. The van der Waals surface area contributed by atoms with Crippen LogP contribution < -0.4 is 5.73 Å². The molecule has 17 heavy (non-hydrogen) atoms.